The molecule has 2 aromatic carbocycles. The quantitative estimate of drug-likeness (QED) is 0.740. The van der Waals surface area contributed by atoms with E-state index >= 15 is 0 Å². The zero-order chi connectivity index (χ0) is 15.9. The van der Waals surface area contributed by atoms with Crippen molar-refractivity contribution >= 4 is 40.7 Å². The van der Waals surface area contributed by atoms with Crippen molar-refractivity contribution in [3.63, 3.8) is 0 Å². The molecule has 1 unspecified atom stereocenters. The van der Waals surface area contributed by atoms with Crippen LogP contribution in [0.1, 0.15) is 0 Å². The minimum absolute atomic E-state index is 0. The van der Waals surface area contributed by atoms with Crippen LogP contribution in [0.2, 0.25) is 0 Å². The smallest absolute Gasteiger partial charge is 0.243 e. The first kappa shape index (κ1) is 18.9. The van der Waals surface area contributed by atoms with Crippen molar-refractivity contribution in [1.29, 1.82) is 0 Å². The maximum Gasteiger partial charge on any atom is 0.243 e. The maximum atomic E-state index is 11.9. The van der Waals surface area contributed by atoms with Gasteiger partial charge in [0.2, 0.25) is 11.8 Å². The van der Waals surface area contributed by atoms with Crippen LogP contribution in [-0.2, 0) is 14.3 Å². The third-order valence-corrected chi connectivity index (χ3v) is 3.17. The number of benzene rings is 2. The van der Waals surface area contributed by atoms with E-state index in [-0.39, 0.29) is 31.5 Å². The Bertz CT molecular complexity index is 673. The molecule has 2 aromatic rings. The third kappa shape index (κ3) is 5.21. The number of anilines is 1. The van der Waals surface area contributed by atoms with Crippen LogP contribution in [-0.4, -0.2) is 38.1 Å². The highest BCUT2D eigenvalue weighted by Gasteiger charge is 2.14. The highest BCUT2D eigenvalue weighted by molar-refractivity contribution is 6.03. The predicted molar refractivity (Wildman–Crippen MR) is 92.7 cm³/mol. The number of hydrogen-bond acceptors (Lipinski definition) is 4. The van der Waals surface area contributed by atoms with E-state index in [1.54, 1.807) is 0 Å². The molecule has 6 nitrogen and oxygen atoms in total. The van der Waals surface area contributed by atoms with Gasteiger partial charge in [0, 0.05) is 18.2 Å². The van der Waals surface area contributed by atoms with Gasteiger partial charge in [-0.3, -0.25) is 9.59 Å². The summed E-state index contributed by atoms with van der Waals surface area (Å²) in [5.74, 6) is -0.732. The number of hydrogen-bond donors (Lipinski definition) is 3. The van der Waals surface area contributed by atoms with Crippen LogP contribution in [0.5, 0.6) is 0 Å². The lowest BCUT2D eigenvalue weighted by atomic mass is 10.1. The summed E-state index contributed by atoms with van der Waals surface area (Å²) in [5, 5.41) is 7.24. The molecule has 0 aromatic heterocycles. The first-order valence-corrected chi connectivity index (χ1v) is 6.91. The number of rotatable bonds is 6. The van der Waals surface area contributed by atoms with Crippen LogP contribution in [0.3, 0.4) is 0 Å². The van der Waals surface area contributed by atoms with Gasteiger partial charge in [-0.15, -0.1) is 12.4 Å². The number of carbonyl (C=O) groups excluding carboxylic acids is 2. The average Bonchev–Trinajstić information content (AvgIpc) is 2.53. The molecule has 0 heterocycles. The van der Waals surface area contributed by atoms with Gasteiger partial charge in [-0.25, -0.2) is 0 Å². The van der Waals surface area contributed by atoms with Gasteiger partial charge < -0.3 is 21.1 Å². The van der Waals surface area contributed by atoms with E-state index in [1.807, 2.05) is 42.5 Å². The molecule has 0 aliphatic rings. The molecule has 23 heavy (non-hydrogen) atoms. The van der Waals surface area contributed by atoms with Crippen LogP contribution in [0.4, 0.5) is 5.69 Å². The van der Waals surface area contributed by atoms with E-state index in [0.717, 1.165) is 10.8 Å². The van der Waals surface area contributed by atoms with Crippen molar-refractivity contribution in [1.82, 2.24) is 5.32 Å². The Morgan fingerprint density at radius 1 is 1.17 bits per heavy atom. The highest BCUT2D eigenvalue weighted by Crippen LogP contribution is 2.22. The molecule has 0 aliphatic carbocycles. The Balaban J connectivity index is 0.00000264. The zero-order valence-electron chi connectivity index (χ0n) is 12.7. The fraction of sp³-hybridized carbons (Fsp3) is 0.250. The molecule has 2 amide bonds. The van der Waals surface area contributed by atoms with E-state index in [2.05, 4.69) is 10.6 Å². The van der Waals surface area contributed by atoms with Crippen LogP contribution in [0, 0.1) is 0 Å². The van der Waals surface area contributed by atoms with Crippen LogP contribution in [0.25, 0.3) is 10.8 Å². The topological polar surface area (TPSA) is 93.4 Å². The minimum Gasteiger partial charge on any atom is -0.383 e. The van der Waals surface area contributed by atoms with Gasteiger partial charge in [-0.1, -0.05) is 36.4 Å². The number of carbonyl (C=O) groups is 2. The molecular formula is C16H20ClN3O3. The molecule has 0 saturated heterocycles. The van der Waals surface area contributed by atoms with Crippen molar-refractivity contribution in [3.8, 4) is 0 Å². The average molecular weight is 338 g/mol. The molecule has 0 fully saturated rings. The molecule has 0 radical (unpaired) electrons. The van der Waals surface area contributed by atoms with Gasteiger partial charge >= 0.3 is 0 Å². The molecule has 124 valence electrons. The number of halogens is 1. The Kier molecular flexibility index (Phi) is 7.47. The SMILES string of the molecule is COCC(N)C(=O)NCC(=O)Nc1cccc2ccccc12.Cl. The summed E-state index contributed by atoms with van der Waals surface area (Å²) in [6, 6.07) is 12.6. The number of ether oxygens (including phenoxy) is 1. The van der Waals surface area contributed by atoms with Gasteiger partial charge in [-0.05, 0) is 11.5 Å². The Morgan fingerprint density at radius 2 is 1.87 bits per heavy atom. The van der Waals surface area contributed by atoms with E-state index in [4.69, 9.17) is 10.5 Å². The number of fused-ring (bicyclic) bond motifs is 1. The summed E-state index contributed by atoms with van der Waals surface area (Å²) < 4.78 is 4.79. The molecule has 4 N–H and O–H groups in total. The normalized spacial score (nSPS) is 11.4. The Morgan fingerprint density at radius 3 is 2.61 bits per heavy atom. The number of nitrogens with two attached hydrogens (primary N) is 1. The van der Waals surface area contributed by atoms with Gasteiger partial charge in [-0.2, -0.15) is 0 Å². The molecule has 7 heteroatoms. The summed E-state index contributed by atoms with van der Waals surface area (Å²) in [4.78, 5) is 23.5. The van der Waals surface area contributed by atoms with Crippen LogP contribution in [0.15, 0.2) is 42.5 Å². The van der Waals surface area contributed by atoms with Crippen molar-refractivity contribution in [2.24, 2.45) is 5.73 Å². The predicted octanol–water partition coefficient (Wildman–Crippen LogP) is 1.29. The summed E-state index contributed by atoms with van der Waals surface area (Å²) in [6.45, 7) is -0.0315. The Hall–Kier alpha value is -2.15. The third-order valence-electron chi connectivity index (χ3n) is 3.17. The lowest BCUT2D eigenvalue weighted by Crippen LogP contribution is -2.45. The van der Waals surface area contributed by atoms with Crippen molar-refractivity contribution < 1.29 is 14.3 Å². The van der Waals surface area contributed by atoms with Gasteiger partial charge in [0.15, 0.2) is 0 Å². The zero-order valence-corrected chi connectivity index (χ0v) is 13.6. The molecule has 1 atom stereocenters. The standard InChI is InChI=1S/C16H19N3O3.ClH/c1-22-10-13(17)16(21)18-9-15(20)19-14-8-4-6-11-5-2-3-7-12(11)14;/h2-8,13H,9-10,17H2,1H3,(H,18,21)(H,19,20);1H. The highest BCUT2D eigenvalue weighted by atomic mass is 35.5. The lowest BCUT2D eigenvalue weighted by Gasteiger charge is -2.12. The first-order valence-electron chi connectivity index (χ1n) is 6.91. The second-order valence-electron chi connectivity index (χ2n) is 4.85. The Labute approximate surface area is 140 Å². The summed E-state index contributed by atoms with van der Waals surface area (Å²) in [7, 11) is 1.46. The van der Waals surface area contributed by atoms with Crippen LogP contribution < -0.4 is 16.4 Å². The minimum atomic E-state index is -0.782. The molecule has 0 bridgehead atoms. The second-order valence-corrected chi connectivity index (χ2v) is 4.85. The van der Waals surface area contributed by atoms with E-state index in [9.17, 15) is 9.59 Å². The molecule has 0 saturated carbocycles. The number of nitrogens with one attached hydrogen (secondary N) is 2. The second kappa shape index (κ2) is 9.09. The lowest BCUT2D eigenvalue weighted by molar-refractivity contribution is -0.126. The van der Waals surface area contributed by atoms with Crippen molar-refractivity contribution in [2.45, 2.75) is 6.04 Å². The largest absolute Gasteiger partial charge is 0.383 e. The van der Waals surface area contributed by atoms with Gasteiger partial charge in [0.05, 0.1) is 13.2 Å². The van der Waals surface area contributed by atoms with E-state index in [1.165, 1.54) is 7.11 Å². The molecule has 2 rings (SSSR count). The van der Waals surface area contributed by atoms with E-state index < -0.39 is 11.9 Å². The van der Waals surface area contributed by atoms with Gasteiger partial charge in [0.25, 0.3) is 0 Å². The summed E-state index contributed by atoms with van der Waals surface area (Å²) >= 11 is 0. The van der Waals surface area contributed by atoms with Crippen molar-refractivity contribution in [2.75, 3.05) is 25.6 Å². The van der Waals surface area contributed by atoms with Crippen LogP contribution >= 0.6 is 12.4 Å². The molecule has 0 aliphatic heterocycles. The van der Waals surface area contributed by atoms with Gasteiger partial charge in [0.1, 0.15) is 6.04 Å². The number of methoxy groups -OCH3 is 1. The fourth-order valence-electron chi connectivity index (χ4n) is 2.08. The molecular weight excluding hydrogens is 318 g/mol. The summed E-state index contributed by atoms with van der Waals surface area (Å²) in [6.07, 6.45) is 0. The fourth-order valence-corrected chi connectivity index (χ4v) is 2.08. The van der Waals surface area contributed by atoms with E-state index in [0.29, 0.717) is 5.69 Å². The summed E-state index contributed by atoms with van der Waals surface area (Å²) in [5.41, 5.74) is 6.28. The number of amides is 2. The van der Waals surface area contributed by atoms with Crippen molar-refractivity contribution in [3.05, 3.63) is 42.5 Å². The maximum absolute atomic E-state index is 11.9. The first-order chi connectivity index (χ1) is 10.6. The monoisotopic (exact) mass is 337 g/mol. The molecule has 0 spiro atoms.